The van der Waals surface area contributed by atoms with E-state index in [1.807, 2.05) is 0 Å². The molecule has 0 saturated heterocycles. The van der Waals surface area contributed by atoms with Crippen LogP contribution in [0, 0.1) is 5.82 Å². The first-order valence-electron chi connectivity index (χ1n) is 4.70. The van der Waals surface area contributed by atoms with E-state index in [1.54, 1.807) is 0 Å². The topological polar surface area (TPSA) is 12.0 Å². The number of hydrogen-bond donors (Lipinski definition) is 1. The van der Waals surface area contributed by atoms with Gasteiger partial charge >= 0.3 is 6.18 Å². The molecule has 94 valence electrons. The van der Waals surface area contributed by atoms with E-state index in [2.05, 4.69) is 27.8 Å². The van der Waals surface area contributed by atoms with Crippen molar-refractivity contribution < 1.29 is 17.6 Å². The molecule has 0 unspecified atom stereocenters. The molecule has 1 N–H and O–H groups in total. The van der Waals surface area contributed by atoms with Crippen LogP contribution in [0.25, 0.3) is 0 Å². The Balaban J connectivity index is 2.79. The lowest BCUT2D eigenvalue weighted by molar-refractivity contribution is -0.140. The molecule has 0 amide bonds. The molecule has 0 saturated carbocycles. The van der Waals surface area contributed by atoms with Crippen LogP contribution in [0.15, 0.2) is 29.3 Å². The van der Waals surface area contributed by atoms with E-state index < -0.39 is 17.6 Å². The van der Waals surface area contributed by atoms with Gasteiger partial charge in [-0.25, -0.2) is 4.39 Å². The Morgan fingerprint density at radius 3 is 2.53 bits per heavy atom. The molecular formula is C11H10BrF4N. The molecule has 0 aliphatic rings. The molecule has 0 aromatic heterocycles. The van der Waals surface area contributed by atoms with Crippen molar-refractivity contribution in [1.82, 2.24) is 5.32 Å². The van der Waals surface area contributed by atoms with E-state index in [9.17, 15) is 17.6 Å². The lowest BCUT2D eigenvalue weighted by Gasteiger charge is -2.10. The van der Waals surface area contributed by atoms with E-state index in [0.29, 0.717) is 16.6 Å². The Labute approximate surface area is 105 Å². The maximum atomic E-state index is 13.0. The van der Waals surface area contributed by atoms with Crippen molar-refractivity contribution in [2.45, 2.75) is 12.7 Å². The van der Waals surface area contributed by atoms with E-state index in [1.165, 1.54) is 6.07 Å². The van der Waals surface area contributed by atoms with Gasteiger partial charge < -0.3 is 5.32 Å². The summed E-state index contributed by atoms with van der Waals surface area (Å²) in [5.41, 5.74) is -0.873. The van der Waals surface area contributed by atoms with Crippen LogP contribution in [0.4, 0.5) is 17.6 Å². The van der Waals surface area contributed by atoms with Gasteiger partial charge in [0.05, 0.1) is 5.56 Å². The monoisotopic (exact) mass is 311 g/mol. The normalized spacial score (nSPS) is 11.6. The highest BCUT2D eigenvalue weighted by Gasteiger charge is 2.34. The van der Waals surface area contributed by atoms with Crippen molar-refractivity contribution >= 4 is 15.9 Å². The number of alkyl halides is 3. The van der Waals surface area contributed by atoms with Gasteiger partial charge in [0, 0.05) is 17.6 Å². The number of benzene rings is 1. The minimum absolute atomic E-state index is 0.216. The van der Waals surface area contributed by atoms with Gasteiger partial charge in [-0.3, -0.25) is 0 Å². The molecule has 0 aliphatic heterocycles. The Hall–Kier alpha value is -0.880. The predicted octanol–water partition coefficient (Wildman–Crippen LogP) is 3.84. The van der Waals surface area contributed by atoms with Crippen molar-refractivity contribution in [2.75, 3.05) is 6.54 Å². The largest absolute Gasteiger partial charge is 0.419 e. The lowest BCUT2D eigenvalue weighted by Crippen LogP contribution is -2.16. The third kappa shape index (κ3) is 4.47. The second-order valence-corrected chi connectivity index (χ2v) is 4.55. The van der Waals surface area contributed by atoms with Crippen LogP contribution < -0.4 is 5.32 Å². The third-order valence-corrected chi connectivity index (χ3v) is 2.26. The van der Waals surface area contributed by atoms with Crippen LogP contribution in [-0.2, 0) is 12.7 Å². The molecule has 0 radical (unpaired) electrons. The van der Waals surface area contributed by atoms with Crippen LogP contribution >= 0.6 is 15.9 Å². The van der Waals surface area contributed by atoms with Crippen molar-refractivity contribution in [3.05, 3.63) is 46.2 Å². The van der Waals surface area contributed by atoms with Crippen molar-refractivity contribution in [3.8, 4) is 0 Å². The number of hydrogen-bond acceptors (Lipinski definition) is 1. The zero-order valence-electron chi connectivity index (χ0n) is 8.74. The van der Waals surface area contributed by atoms with Gasteiger partial charge in [0.1, 0.15) is 5.82 Å². The number of rotatable bonds is 4. The van der Waals surface area contributed by atoms with Crippen LogP contribution in [0.2, 0.25) is 0 Å². The fourth-order valence-corrected chi connectivity index (χ4v) is 1.44. The fourth-order valence-electron chi connectivity index (χ4n) is 1.24. The quantitative estimate of drug-likeness (QED) is 0.833. The molecule has 1 nitrogen and oxygen atoms in total. The summed E-state index contributed by atoms with van der Waals surface area (Å²) in [6, 6.07) is 2.94. The standard InChI is InChI=1S/C11H10BrF4N/c1-7(12)5-17-6-8-2-3-10(13)9(4-8)11(14,15)16/h2-4,17H,1,5-6H2. The van der Waals surface area contributed by atoms with Gasteiger partial charge in [0.25, 0.3) is 0 Å². The van der Waals surface area contributed by atoms with E-state index in [4.69, 9.17) is 0 Å². The summed E-state index contributed by atoms with van der Waals surface area (Å²) in [5, 5.41) is 2.86. The minimum Gasteiger partial charge on any atom is -0.308 e. The van der Waals surface area contributed by atoms with Crippen molar-refractivity contribution in [1.29, 1.82) is 0 Å². The number of nitrogens with one attached hydrogen (secondary N) is 1. The summed E-state index contributed by atoms with van der Waals surface area (Å²) >= 11 is 3.11. The molecule has 0 heterocycles. The number of halogens is 5. The Bertz CT molecular complexity index is 414. The highest BCUT2D eigenvalue weighted by molar-refractivity contribution is 9.11. The fraction of sp³-hybridized carbons (Fsp3) is 0.273. The summed E-state index contributed by atoms with van der Waals surface area (Å²) in [4.78, 5) is 0. The van der Waals surface area contributed by atoms with E-state index in [0.717, 1.165) is 12.1 Å². The first-order valence-corrected chi connectivity index (χ1v) is 5.49. The second kappa shape index (κ2) is 5.64. The van der Waals surface area contributed by atoms with Crippen LogP contribution in [0.1, 0.15) is 11.1 Å². The first kappa shape index (κ1) is 14.2. The average molecular weight is 312 g/mol. The summed E-state index contributed by atoms with van der Waals surface area (Å²) in [7, 11) is 0. The predicted molar refractivity (Wildman–Crippen MR) is 61.2 cm³/mol. The summed E-state index contributed by atoms with van der Waals surface area (Å²) in [5.74, 6) is -1.26. The van der Waals surface area contributed by atoms with Gasteiger partial charge in [-0.05, 0) is 17.7 Å². The summed E-state index contributed by atoms with van der Waals surface area (Å²) in [6.07, 6.45) is -4.67. The van der Waals surface area contributed by atoms with E-state index in [-0.39, 0.29) is 6.54 Å². The highest BCUT2D eigenvalue weighted by atomic mass is 79.9. The maximum Gasteiger partial charge on any atom is 0.419 e. The molecule has 0 atom stereocenters. The lowest BCUT2D eigenvalue weighted by atomic mass is 10.1. The highest BCUT2D eigenvalue weighted by Crippen LogP contribution is 2.31. The molecular weight excluding hydrogens is 302 g/mol. The molecule has 1 aromatic rings. The van der Waals surface area contributed by atoms with Crippen LogP contribution in [-0.4, -0.2) is 6.54 Å². The van der Waals surface area contributed by atoms with Crippen LogP contribution in [0.3, 0.4) is 0 Å². The van der Waals surface area contributed by atoms with Gasteiger partial charge in [-0.15, -0.1) is 0 Å². The Morgan fingerprint density at radius 1 is 1.35 bits per heavy atom. The maximum absolute atomic E-state index is 13.0. The second-order valence-electron chi connectivity index (χ2n) is 3.43. The zero-order chi connectivity index (χ0) is 13.1. The van der Waals surface area contributed by atoms with Crippen molar-refractivity contribution in [2.24, 2.45) is 0 Å². The zero-order valence-corrected chi connectivity index (χ0v) is 10.3. The molecule has 17 heavy (non-hydrogen) atoms. The molecule has 1 aromatic carbocycles. The SMILES string of the molecule is C=C(Br)CNCc1ccc(F)c(C(F)(F)F)c1. The first-order chi connectivity index (χ1) is 7.80. The van der Waals surface area contributed by atoms with Gasteiger partial charge in [-0.2, -0.15) is 13.2 Å². The molecule has 0 bridgehead atoms. The minimum atomic E-state index is -4.67. The van der Waals surface area contributed by atoms with E-state index >= 15 is 0 Å². The van der Waals surface area contributed by atoms with Gasteiger partial charge in [0.2, 0.25) is 0 Å². The average Bonchev–Trinajstić information content (AvgIpc) is 2.18. The summed E-state index contributed by atoms with van der Waals surface area (Å²) in [6.45, 7) is 4.22. The van der Waals surface area contributed by atoms with Crippen LogP contribution in [0.5, 0.6) is 0 Å². The third-order valence-electron chi connectivity index (χ3n) is 1.98. The molecule has 1 rings (SSSR count). The van der Waals surface area contributed by atoms with Gasteiger partial charge in [0.15, 0.2) is 0 Å². The van der Waals surface area contributed by atoms with Gasteiger partial charge in [-0.1, -0.05) is 28.6 Å². The summed E-state index contributed by atoms with van der Waals surface area (Å²) < 4.78 is 50.8. The Morgan fingerprint density at radius 2 is 2.00 bits per heavy atom. The molecule has 6 heteroatoms. The van der Waals surface area contributed by atoms with Crippen molar-refractivity contribution in [3.63, 3.8) is 0 Å². The molecule has 0 fully saturated rings. The Kier molecular flexibility index (Phi) is 4.70. The smallest absolute Gasteiger partial charge is 0.308 e. The molecule has 0 aliphatic carbocycles. The molecule has 0 spiro atoms.